The highest BCUT2D eigenvalue weighted by molar-refractivity contribution is 5.87. The van der Waals surface area contributed by atoms with Crippen molar-refractivity contribution < 1.29 is 9.53 Å². The zero-order valence-corrected chi connectivity index (χ0v) is 7.64. The Kier molecular flexibility index (Phi) is 3.49. The van der Waals surface area contributed by atoms with Gasteiger partial charge in [0.2, 0.25) is 0 Å². The van der Waals surface area contributed by atoms with Crippen LogP contribution in [0.15, 0.2) is 43.2 Å². The summed E-state index contributed by atoms with van der Waals surface area (Å²) in [6.45, 7) is 3.27. The lowest BCUT2D eigenvalue weighted by molar-refractivity contribution is -0.132. The molecule has 1 aromatic carbocycles. The van der Waals surface area contributed by atoms with E-state index in [1.54, 1.807) is 18.2 Å². The van der Waals surface area contributed by atoms with Gasteiger partial charge in [-0.25, -0.2) is 4.79 Å². The van der Waals surface area contributed by atoms with Crippen LogP contribution in [0.25, 0.3) is 6.08 Å². The average Bonchev–Trinajstić information content (AvgIpc) is 2.15. The van der Waals surface area contributed by atoms with Crippen LogP contribution in [0.4, 0.5) is 5.69 Å². The molecule has 0 saturated carbocycles. The molecule has 1 aromatic rings. The first kappa shape index (κ1) is 10.1. The molecule has 3 nitrogen and oxygen atoms in total. The lowest BCUT2D eigenvalue weighted by Crippen LogP contribution is -1.92. The first-order chi connectivity index (χ1) is 6.72. The van der Waals surface area contributed by atoms with Crippen molar-refractivity contribution in [1.82, 2.24) is 0 Å². The lowest BCUT2D eigenvalue weighted by Gasteiger charge is -1.95. The molecule has 0 atom stereocenters. The minimum atomic E-state index is -0.456. The third-order valence-corrected chi connectivity index (χ3v) is 1.52. The molecular weight excluding hydrogens is 178 g/mol. The van der Waals surface area contributed by atoms with Crippen molar-refractivity contribution in [2.75, 3.05) is 5.73 Å². The van der Waals surface area contributed by atoms with E-state index in [2.05, 4.69) is 11.3 Å². The van der Waals surface area contributed by atoms with Gasteiger partial charge < -0.3 is 10.5 Å². The molecule has 3 heteroatoms. The first-order valence-corrected chi connectivity index (χ1v) is 4.07. The van der Waals surface area contributed by atoms with Crippen molar-refractivity contribution in [2.24, 2.45) is 0 Å². The van der Waals surface area contributed by atoms with Gasteiger partial charge in [-0.1, -0.05) is 18.7 Å². The molecule has 0 saturated heterocycles. The second-order valence-corrected chi connectivity index (χ2v) is 2.61. The van der Waals surface area contributed by atoms with Crippen LogP contribution in [0.5, 0.6) is 0 Å². The van der Waals surface area contributed by atoms with Crippen LogP contribution in [0.1, 0.15) is 5.56 Å². The molecule has 0 aromatic heterocycles. The zero-order chi connectivity index (χ0) is 10.4. The predicted octanol–water partition coefficient (Wildman–Crippen LogP) is 1.97. The van der Waals surface area contributed by atoms with E-state index in [1.807, 2.05) is 12.1 Å². The molecule has 0 aliphatic carbocycles. The molecule has 14 heavy (non-hydrogen) atoms. The summed E-state index contributed by atoms with van der Waals surface area (Å²) in [6, 6.07) is 7.19. The van der Waals surface area contributed by atoms with Crippen molar-refractivity contribution in [3.8, 4) is 0 Å². The van der Waals surface area contributed by atoms with Crippen LogP contribution in [0.3, 0.4) is 0 Å². The van der Waals surface area contributed by atoms with Gasteiger partial charge in [0, 0.05) is 11.8 Å². The van der Waals surface area contributed by atoms with E-state index in [4.69, 9.17) is 5.73 Å². The van der Waals surface area contributed by atoms with E-state index in [-0.39, 0.29) is 0 Å². The SMILES string of the molecule is C=COC(=O)/C=C/c1cccc(N)c1. The summed E-state index contributed by atoms with van der Waals surface area (Å²) in [4.78, 5) is 10.9. The summed E-state index contributed by atoms with van der Waals surface area (Å²) in [5.41, 5.74) is 7.07. The molecule has 0 heterocycles. The monoisotopic (exact) mass is 189 g/mol. The third kappa shape index (κ3) is 3.15. The summed E-state index contributed by atoms with van der Waals surface area (Å²) >= 11 is 0. The van der Waals surface area contributed by atoms with Gasteiger partial charge in [-0.05, 0) is 23.8 Å². The van der Waals surface area contributed by atoms with Crippen LogP contribution >= 0.6 is 0 Å². The zero-order valence-electron chi connectivity index (χ0n) is 7.64. The van der Waals surface area contributed by atoms with Gasteiger partial charge in [0.15, 0.2) is 0 Å². The third-order valence-electron chi connectivity index (χ3n) is 1.52. The maximum absolute atomic E-state index is 10.9. The van der Waals surface area contributed by atoms with Crippen LogP contribution in [0, 0.1) is 0 Å². The maximum atomic E-state index is 10.9. The van der Waals surface area contributed by atoms with Gasteiger partial charge in [-0.15, -0.1) is 0 Å². The molecular formula is C11H11NO2. The number of nitrogens with two attached hydrogens (primary N) is 1. The topological polar surface area (TPSA) is 52.3 Å². The Bertz CT molecular complexity index is 369. The molecule has 0 radical (unpaired) electrons. The number of hydrogen-bond donors (Lipinski definition) is 1. The highest BCUT2D eigenvalue weighted by Gasteiger charge is 1.92. The number of anilines is 1. The Labute approximate surface area is 82.5 Å². The fourth-order valence-electron chi connectivity index (χ4n) is 0.948. The normalized spacial score (nSPS) is 10.0. The largest absolute Gasteiger partial charge is 0.432 e. The molecule has 0 spiro atoms. The second-order valence-electron chi connectivity index (χ2n) is 2.61. The van der Waals surface area contributed by atoms with Gasteiger partial charge in [-0.3, -0.25) is 0 Å². The van der Waals surface area contributed by atoms with Crippen LogP contribution in [-0.2, 0) is 9.53 Å². The van der Waals surface area contributed by atoms with Gasteiger partial charge in [0.25, 0.3) is 0 Å². The van der Waals surface area contributed by atoms with E-state index in [0.29, 0.717) is 5.69 Å². The number of carbonyl (C=O) groups excluding carboxylic acids is 1. The number of carbonyl (C=O) groups is 1. The standard InChI is InChI=1S/C11H11NO2/c1-2-14-11(13)7-6-9-4-3-5-10(12)8-9/h2-8H,1,12H2/b7-6+. The molecule has 0 unspecified atom stereocenters. The molecule has 0 fully saturated rings. The van der Waals surface area contributed by atoms with Crippen molar-refractivity contribution in [3.05, 3.63) is 48.7 Å². The van der Waals surface area contributed by atoms with E-state index in [9.17, 15) is 4.79 Å². The Hall–Kier alpha value is -2.03. The molecule has 0 aliphatic heterocycles. The minimum absolute atomic E-state index is 0.456. The van der Waals surface area contributed by atoms with Crippen molar-refractivity contribution in [1.29, 1.82) is 0 Å². The minimum Gasteiger partial charge on any atom is -0.432 e. The summed E-state index contributed by atoms with van der Waals surface area (Å²) < 4.78 is 4.50. The van der Waals surface area contributed by atoms with Gasteiger partial charge >= 0.3 is 5.97 Å². The number of benzene rings is 1. The number of hydrogen-bond acceptors (Lipinski definition) is 3. The first-order valence-electron chi connectivity index (χ1n) is 4.07. The number of esters is 1. The van der Waals surface area contributed by atoms with Crippen LogP contribution in [-0.4, -0.2) is 5.97 Å². The van der Waals surface area contributed by atoms with Crippen molar-refractivity contribution >= 4 is 17.7 Å². The highest BCUT2D eigenvalue weighted by Crippen LogP contribution is 2.07. The molecule has 2 N–H and O–H groups in total. The Morgan fingerprint density at radius 3 is 2.93 bits per heavy atom. The van der Waals surface area contributed by atoms with Crippen molar-refractivity contribution in [3.63, 3.8) is 0 Å². The fourth-order valence-corrected chi connectivity index (χ4v) is 0.948. The lowest BCUT2D eigenvalue weighted by atomic mass is 10.2. The van der Waals surface area contributed by atoms with E-state index >= 15 is 0 Å². The van der Waals surface area contributed by atoms with Crippen molar-refractivity contribution in [2.45, 2.75) is 0 Å². The smallest absolute Gasteiger partial charge is 0.335 e. The highest BCUT2D eigenvalue weighted by atomic mass is 16.5. The fraction of sp³-hybridized carbons (Fsp3) is 0. The predicted molar refractivity (Wildman–Crippen MR) is 56.2 cm³/mol. The van der Waals surface area contributed by atoms with Crippen LogP contribution < -0.4 is 5.73 Å². The maximum Gasteiger partial charge on any atom is 0.335 e. The van der Waals surface area contributed by atoms with Gasteiger partial charge in [-0.2, -0.15) is 0 Å². The molecule has 0 amide bonds. The quantitative estimate of drug-likeness (QED) is 0.342. The summed E-state index contributed by atoms with van der Waals surface area (Å²) in [7, 11) is 0. The van der Waals surface area contributed by atoms with E-state index in [0.717, 1.165) is 11.8 Å². The summed E-state index contributed by atoms with van der Waals surface area (Å²) in [5, 5.41) is 0. The molecule has 72 valence electrons. The molecule has 0 aliphatic rings. The summed E-state index contributed by atoms with van der Waals surface area (Å²) in [5.74, 6) is -0.456. The van der Waals surface area contributed by atoms with Gasteiger partial charge in [0.1, 0.15) is 0 Å². The number of rotatable bonds is 3. The Balaban J connectivity index is 2.68. The Morgan fingerprint density at radius 2 is 2.29 bits per heavy atom. The number of nitrogen functional groups attached to an aromatic ring is 1. The van der Waals surface area contributed by atoms with Gasteiger partial charge in [0.05, 0.1) is 6.26 Å². The second kappa shape index (κ2) is 4.87. The van der Waals surface area contributed by atoms with Crippen LogP contribution in [0.2, 0.25) is 0 Å². The molecule has 0 bridgehead atoms. The molecule has 1 rings (SSSR count). The summed E-state index contributed by atoms with van der Waals surface area (Å²) in [6.07, 6.45) is 4.03. The average molecular weight is 189 g/mol. The Morgan fingerprint density at radius 1 is 1.50 bits per heavy atom. The van der Waals surface area contributed by atoms with E-state index in [1.165, 1.54) is 6.08 Å². The number of ether oxygens (including phenoxy) is 1. The van der Waals surface area contributed by atoms with E-state index < -0.39 is 5.97 Å².